The van der Waals surface area contributed by atoms with Gasteiger partial charge >= 0.3 is 11.9 Å². The molecule has 0 atom stereocenters. The van der Waals surface area contributed by atoms with Crippen LogP contribution in [-0.4, -0.2) is 34.0 Å². The minimum absolute atomic E-state index is 0.172. The lowest BCUT2D eigenvalue weighted by atomic mass is 10.2. The molecule has 0 aliphatic carbocycles. The molecule has 0 bridgehead atoms. The van der Waals surface area contributed by atoms with Gasteiger partial charge in [-0.15, -0.1) is 0 Å². The van der Waals surface area contributed by atoms with Crippen LogP contribution in [0.2, 0.25) is 0 Å². The molecule has 0 radical (unpaired) electrons. The number of carbonyl (C=O) groups excluding carboxylic acids is 2. The maximum atomic E-state index is 11.2. The van der Waals surface area contributed by atoms with Gasteiger partial charge in [-0.05, 0) is 13.8 Å². The van der Waals surface area contributed by atoms with Crippen LogP contribution >= 0.6 is 0 Å². The molecule has 0 aliphatic rings. The number of hydrogen-bond donors (Lipinski definition) is 3. The van der Waals surface area contributed by atoms with Crippen LogP contribution in [0.3, 0.4) is 0 Å². The first-order valence-corrected chi connectivity index (χ1v) is 4.42. The standard InChI is InChI=1S/C10H11NO6/c1-5(3-7(12)13)9(16)11-10(17)6(2)4-8(14)15/h3-4H,1-2H3,(H,12,13)(H,14,15)(H,11,16,17)/b5-3-,6-4-. The molecule has 0 aromatic rings. The molecule has 17 heavy (non-hydrogen) atoms. The van der Waals surface area contributed by atoms with E-state index in [9.17, 15) is 19.2 Å². The average molecular weight is 241 g/mol. The lowest BCUT2D eigenvalue weighted by Crippen LogP contribution is -2.32. The van der Waals surface area contributed by atoms with Gasteiger partial charge in [-0.2, -0.15) is 0 Å². The van der Waals surface area contributed by atoms with Crippen molar-refractivity contribution >= 4 is 23.8 Å². The normalized spacial score (nSPS) is 11.9. The third-order valence-corrected chi connectivity index (χ3v) is 1.62. The summed E-state index contributed by atoms with van der Waals surface area (Å²) in [6.45, 7) is 2.43. The van der Waals surface area contributed by atoms with Crippen molar-refractivity contribution in [1.29, 1.82) is 0 Å². The molecule has 0 saturated heterocycles. The van der Waals surface area contributed by atoms with Gasteiger partial charge in [0.05, 0.1) is 0 Å². The van der Waals surface area contributed by atoms with Crippen molar-refractivity contribution in [2.45, 2.75) is 13.8 Å². The van der Waals surface area contributed by atoms with E-state index in [-0.39, 0.29) is 11.1 Å². The molecule has 0 heterocycles. The summed E-state index contributed by atoms with van der Waals surface area (Å²) in [6, 6.07) is 0. The smallest absolute Gasteiger partial charge is 0.328 e. The Morgan fingerprint density at radius 2 is 1.12 bits per heavy atom. The molecule has 0 saturated carbocycles. The minimum atomic E-state index is -1.32. The van der Waals surface area contributed by atoms with Gasteiger partial charge < -0.3 is 10.2 Å². The van der Waals surface area contributed by atoms with Crippen LogP contribution < -0.4 is 5.32 Å². The van der Waals surface area contributed by atoms with Crippen LogP contribution in [0.15, 0.2) is 23.3 Å². The molecular formula is C10H11NO6. The molecule has 3 N–H and O–H groups in total. The van der Waals surface area contributed by atoms with Gasteiger partial charge in [0.25, 0.3) is 11.8 Å². The number of carbonyl (C=O) groups is 4. The Morgan fingerprint density at radius 3 is 1.35 bits per heavy atom. The molecule has 0 fully saturated rings. The maximum absolute atomic E-state index is 11.2. The van der Waals surface area contributed by atoms with Crippen molar-refractivity contribution in [3.63, 3.8) is 0 Å². The largest absolute Gasteiger partial charge is 0.478 e. The fraction of sp³-hybridized carbons (Fsp3) is 0.200. The van der Waals surface area contributed by atoms with E-state index in [2.05, 4.69) is 0 Å². The summed E-state index contributed by atoms with van der Waals surface area (Å²) in [4.78, 5) is 43.0. The molecule has 0 unspecified atom stereocenters. The van der Waals surface area contributed by atoms with Crippen molar-refractivity contribution in [3.05, 3.63) is 23.3 Å². The highest BCUT2D eigenvalue weighted by atomic mass is 16.4. The highest BCUT2D eigenvalue weighted by molar-refractivity contribution is 6.11. The molecule has 7 nitrogen and oxygen atoms in total. The summed E-state index contributed by atoms with van der Waals surface area (Å²) in [5, 5.41) is 18.6. The number of nitrogens with one attached hydrogen (secondary N) is 1. The predicted octanol–water partition coefficient (Wildman–Crippen LogP) is -0.309. The monoisotopic (exact) mass is 241 g/mol. The Balaban J connectivity index is 4.67. The van der Waals surface area contributed by atoms with Gasteiger partial charge in [0.15, 0.2) is 0 Å². The van der Waals surface area contributed by atoms with Crippen molar-refractivity contribution in [2.24, 2.45) is 0 Å². The first-order chi connectivity index (χ1) is 7.73. The Labute approximate surface area is 96.4 Å². The first kappa shape index (κ1) is 14.6. The quantitative estimate of drug-likeness (QED) is 0.580. The van der Waals surface area contributed by atoms with E-state index in [1.807, 2.05) is 5.32 Å². The van der Waals surface area contributed by atoms with E-state index in [4.69, 9.17) is 10.2 Å². The lowest BCUT2D eigenvalue weighted by molar-refractivity contribution is -0.132. The van der Waals surface area contributed by atoms with Gasteiger partial charge in [0, 0.05) is 23.3 Å². The summed E-state index contributed by atoms with van der Waals surface area (Å²) in [6.07, 6.45) is 1.28. The number of imide groups is 1. The Hall–Kier alpha value is -2.44. The molecule has 2 amide bonds. The van der Waals surface area contributed by atoms with Gasteiger partial charge in [0.2, 0.25) is 0 Å². The van der Waals surface area contributed by atoms with Gasteiger partial charge in [0.1, 0.15) is 0 Å². The van der Waals surface area contributed by atoms with E-state index in [0.717, 1.165) is 0 Å². The van der Waals surface area contributed by atoms with E-state index < -0.39 is 23.8 Å². The number of carboxylic acids is 2. The topological polar surface area (TPSA) is 121 Å². The van der Waals surface area contributed by atoms with Crippen LogP contribution in [0, 0.1) is 0 Å². The Morgan fingerprint density at radius 1 is 0.824 bits per heavy atom. The zero-order chi connectivity index (χ0) is 13.6. The van der Waals surface area contributed by atoms with Crippen LogP contribution in [0.1, 0.15) is 13.8 Å². The minimum Gasteiger partial charge on any atom is -0.478 e. The maximum Gasteiger partial charge on any atom is 0.328 e. The van der Waals surface area contributed by atoms with Crippen molar-refractivity contribution in [3.8, 4) is 0 Å². The number of rotatable bonds is 4. The summed E-state index contributed by atoms with van der Waals surface area (Å²) in [5.41, 5.74) is -0.344. The highest BCUT2D eigenvalue weighted by Crippen LogP contribution is 1.96. The zero-order valence-corrected chi connectivity index (χ0v) is 9.18. The highest BCUT2D eigenvalue weighted by Gasteiger charge is 2.12. The predicted molar refractivity (Wildman–Crippen MR) is 55.9 cm³/mol. The van der Waals surface area contributed by atoms with Gasteiger partial charge in [-0.1, -0.05) is 0 Å². The summed E-state index contributed by atoms with van der Waals surface area (Å²) < 4.78 is 0. The molecule has 0 spiro atoms. The molecule has 0 aliphatic heterocycles. The second-order valence-electron chi connectivity index (χ2n) is 3.11. The van der Waals surface area contributed by atoms with Crippen LogP contribution in [0.25, 0.3) is 0 Å². The molecule has 0 aromatic heterocycles. The Bertz CT molecular complexity index is 392. The molecule has 0 aromatic carbocycles. The Kier molecular flexibility index (Phi) is 5.32. The van der Waals surface area contributed by atoms with Crippen LogP contribution in [0.4, 0.5) is 0 Å². The van der Waals surface area contributed by atoms with E-state index in [0.29, 0.717) is 12.2 Å². The van der Waals surface area contributed by atoms with Crippen molar-refractivity contribution in [1.82, 2.24) is 5.32 Å². The first-order valence-electron chi connectivity index (χ1n) is 4.42. The fourth-order valence-corrected chi connectivity index (χ4v) is 0.802. The van der Waals surface area contributed by atoms with Crippen LogP contribution in [0.5, 0.6) is 0 Å². The van der Waals surface area contributed by atoms with Gasteiger partial charge in [-0.3, -0.25) is 14.9 Å². The SMILES string of the molecule is C/C(=C/C(=O)O)C(=O)NC(=O)/C(C)=C\C(=O)O. The number of hydrogen-bond acceptors (Lipinski definition) is 4. The number of carboxylic acid groups (broad SMARTS) is 2. The average Bonchev–Trinajstić information content (AvgIpc) is 2.15. The summed E-state index contributed by atoms with van der Waals surface area (Å²) >= 11 is 0. The summed E-state index contributed by atoms with van der Waals surface area (Å²) in [7, 11) is 0. The van der Waals surface area contributed by atoms with E-state index >= 15 is 0 Å². The molecule has 0 rings (SSSR count). The number of amides is 2. The van der Waals surface area contributed by atoms with E-state index in [1.165, 1.54) is 13.8 Å². The number of aliphatic carboxylic acids is 2. The van der Waals surface area contributed by atoms with Crippen molar-refractivity contribution < 1.29 is 29.4 Å². The molecule has 92 valence electrons. The van der Waals surface area contributed by atoms with Crippen molar-refractivity contribution in [2.75, 3.05) is 0 Å². The zero-order valence-electron chi connectivity index (χ0n) is 9.18. The third-order valence-electron chi connectivity index (χ3n) is 1.62. The van der Waals surface area contributed by atoms with E-state index in [1.54, 1.807) is 0 Å². The third kappa shape index (κ3) is 5.88. The molecular weight excluding hydrogens is 230 g/mol. The second-order valence-corrected chi connectivity index (χ2v) is 3.11. The lowest BCUT2D eigenvalue weighted by Gasteiger charge is -2.03. The van der Waals surface area contributed by atoms with Crippen LogP contribution in [-0.2, 0) is 19.2 Å². The molecule has 7 heteroatoms. The second kappa shape index (κ2) is 6.21. The summed E-state index contributed by atoms with van der Waals surface area (Å²) in [5.74, 6) is -4.42. The van der Waals surface area contributed by atoms with Gasteiger partial charge in [-0.25, -0.2) is 9.59 Å². The fourth-order valence-electron chi connectivity index (χ4n) is 0.802.